The van der Waals surface area contributed by atoms with E-state index in [1.165, 1.54) is 4.90 Å². The maximum absolute atomic E-state index is 12.6. The van der Waals surface area contributed by atoms with Gasteiger partial charge in [-0.2, -0.15) is 11.8 Å². The first-order chi connectivity index (χ1) is 12.1. The van der Waals surface area contributed by atoms with E-state index < -0.39 is 0 Å². The molecule has 1 heterocycles. The Balaban J connectivity index is 1.42. The molecule has 2 aliphatic carbocycles. The Labute approximate surface area is 153 Å². The van der Waals surface area contributed by atoms with E-state index in [2.05, 4.69) is 41.0 Å². The van der Waals surface area contributed by atoms with Crippen LogP contribution in [0.4, 0.5) is 0 Å². The molecule has 138 valence electrons. The van der Waals surface area contributed by atoms with Crippen molar-refractivity contribution in [3.05, 3.63) is 12.2 Å². The lowest BCUT2D eigenvalue weighted by Gasteiger charge is -2.18. The van der Waals surface area contributed by atoms with Crippen molar-refractivity contribution in [3.8, 4) is 0 Å². The number of hydrogen-bond donors (Lipinski definition) is 2. The largest absolute Gasteiger partial charge is 0.356 e. The minimum atomic E-state index is -0.0853. The quantitative estimate of drug-likeness (QED) is 0.233. The normalized spacial score (nSPS) is 31.6. The van der Waals surface area contributed by atoms with Gasteiger partial charge >= 0.3 is 0 Å². The highest BCUT2D eigenvalue weighted by atomic mass is 32.2. The van der Waals surface area contributed by atoms with Gasteiger partial charge < -0.3 is 10.6 Å². The van der Waals surface area contributed by atoms with Gasteiger partial charge in [-0.1, -0.05) is 19.1 Å². The minimum Gasteiger partial charge on any atom is -0.356 e. The maximum atomic E-state index is 12.6. The average Bonchev–Trinajstić information content (AvgIpc) is 3.29. The Kier molecular flexibility index (Phi) is 5.71. The number of guanidine groups is 1. The molecule has 7 heteroatoms. The molecule has 2 fully saturated rings. The summed E-state index contributed by atoms with van der Waals surface area (Å²) in [5.41, 5.74) is 0. The second-order valence-electron chi connectivity index (χ2n) is 7.11. The number of thioether (sulfide) groups is 1. The van der Waals surface area contributed by atoms with Crippen molar-refractivity contribution in [1.82, 2.24) is 15.5 Å². The summed E-state index contributed by atoms with van der Waals surface area (Å²) >= 11 is 1.80. The van der Waals surface area contributed by atoms with Crippen LogP contribution in [0.15, 0.2) is 17.1 Å². The molecule has 0 aromatic heterocycles. The van der Waals surface area contributed by atoms with Crippen LogP contribution in [0.2, 0.25) is 0 Å². The van der Waals surface area contributed by atoms with Gasteiger partial charge in [0.2, 0.25) is 11.8 Å². The van der Waals surface area contributed by atoms with Gasteiger partial charge in [0, 0.05) is 31.9 Å². The van der Waals surface area contributed by atoms with Crippen molar-refractivity contribution in [2.45, 2.75) is 25.0 Å². The van der Waals surface area contributed by atoms with Crippen LogP contribution in [0, 0.1) is 23.7 Å². The van der Waals surface area contributed by atoms with Crippen molar-refractivity contribution >= 4 is 29.5 Å². The molecule has 1 saturated carbocycles. The Hall–Kier alpha value is -1.50. The number of imide groups is 1. The monoisotopic (exact) mass is 364 g/mol. The van der Waals surface area contributed by atoms with Gasteiger partial charge in [-0.05, 0) is 30.9 Å². The maximum Gasteiger partial charge on any atom is 0.233 e. The van der Waals surface area contributed by atoms with Crippen molar-refractivity contribution in [2.24, 2.45) is 28.7 Å². The van der Waals surface area contributed by atoms with Gasteiger partial charge in [-0.15, -0.1) is 0 Å². The molecule has 1 aliphatic heterocycles. The van der Waals surface area contributed by atoms with Gasteiger partial charge in [0.15, 0.2) is 5.96 Å². The average molecular weight is 365 g/mol. The summed E-state index contributed by atoms with van der Waals surface area (Å²) < 4.78 is 0. The third-order valence-corrected chi connectivity index (χ3v) is 6.57. The fraction of sp³-hybridized carbons (Fsp3) is 0.722. The van der Waals surface area contributed by atoms with Crippen LogP contribution >= 0.6 is 11.8 Å². The van der Waals surface area contributed by atoms with Gasteiger partial charge in [-0.25, -0.2) is 0 Å². The van der Waals surface area contributed by atoms with E-state index >= 15 is 0 Å². The lowest BCUT2D eigenvalue weighted by Crippen LogP contribution is -2.41. The predicted octanol–water partition coefficient (Wildman–Crippen LogP) is 1.10. The number of nitrogens with zero attached hydrogens (tertiary/aromatic N) is 2. The van der Waals surface area contributed by atoms with E-state index in [-0.39, 0.29) is 35.5 Å². The topological polar surface area (TPSA) is 73.8 Å². The number of fused-ring (bicyclic) bond motifs is 5. The molecule has 25 heavy (non-hydrogen) atoms. The zero-order valence-corrected chi connectivity index (χ0v) is 16.0. The first-order valence-electron chi connectivity index (χ1n) is 9.07. The van der Waals surface area contributed by atoms with Gasteiger partial charge in [-0.3, -0.25) is 19.5 Å². The fourth-order valence-electron chi connectivity index (χ4n) is 4.17. The van der Waals surface area contributed by atoms with Crippen molar-refractivity contribution in [3.63, 3.8) is 0 Å². The van der Waals surface area contributed by atoms with Crippen LogP contribution in [0.25, 0.3) is 0 Å². The summed E-state index contributed by atoms with van der Waals surface area (Å²) in [4.78, 5) is 30.9. The van der Waals surface area contributed by atoms with E-state index in [0.29, 0.717) is 18.3 Å². The third kappa shape index (κ3) is 3.57. The van der Waals surface area contributed by atoms with E-state index in [4.69, 9.17) is 0 Å². The number of carbonyl (C=O) groups excluding carboxylic acids is 2. The van der Waals surface area contributed by atoms with Gasteiger partial charge in [0.1, 0.15) is 0 Å². The summed E-state index contributed by atoms with van der Waals surface area (Å²) in [5, 5.41) is 7.05. The van der Waals surface area contributed by atoms with Crippen LogP contribution in [0.5, 0.6) is 0 Å². The molecule has 2 amide bonds. The molecule has 0 aromatic carbocycles. The molecule has 5 unspecified atom stereocenters. The Morgan fingerprint density at radius 2 is 1.92 bits per heavy atom. The number of aliphatic imine (C=N–C) groups is 1. The molecule has 0 radical (unpaired) electrons. The molecule has 2 bridgehead atoms. The van der Waals surface area contributed by atoms with Crippen LogP contribution in [0.3, 0.4) is 0 Å². The number of nitrogens with one attached hydrogen (secondary N) is 2. The molecule has 3 rings (SSSR count). The Bertz CT molecular complexity index is 562. The van der Waals surface area contributed by atoms with Gasteiger partial charge in [0.25, 0.3) is 0 Å². The number of rotatable bonds is 7. The van der Waals surface area contributed by atoms with Crippen molar-refractivity contribution in [2.75, 3.05) is 32.9 Å². The van der Waals surface area contributed by atoms with Crippen LogP contribution in [-0.4, -0.2) is 60.9 Å². The molecule has 0 spiro atoms. The third-order valence-electron chi connectivity index (χ3n) is 5.60. The molecule has 5 atom stereocenters. The molecule has 1 saturated heterocycles. The highest BCUT2D eigenvalue weighted by molar-refractivity contribution is 7.99. The van der Waals surface area contributed by atoms with Crippen molar-refractivity contribution < 1.29 is 9.59 Å². The molecule has 2 N–H and O–H groups in total. The second kappa shape index (κ2) is 7.81. The van der Waals surface area contributed by atoms with Gasteiger partial charge in [0.05, 0.1) is 11.8 Å². The number of amides is 2. The van der Waals surface area contributed by atoms with Crippen LogP contribution < -0.4 is 10.6 Å². The summed E-state index contributed by atoms with van der Waals surface area (Å²) in [5.74, 6) is 1.26. The molecular weight excluding hydrogens is 336 g/mol. The molecule has 6 nitrogen and oxygen atoms in total. The van der Waals surface area contributed by atoms with E-state index in [1.807, 2.05) is 0 Å². The number of likely N-dealkylation sites (tertiary alicyclic amines) is 1. The van der Waals surface area contributed by atoms with E-state index in [1.54, 1.807) is 18.8 Å². The standard InChI is InChI=1S/C18H28N4O2S/c1-11(25-3)10-21-18(19-2)20-7-4-8-22-16(23)14-12-5-6-13(9-12)15(14)17(22)24/h5-6,11-15H,4,7-10H2,1-3H3,(H2,19,20,21). The summed E-state index contributed by atoms with van der Waals surface area (Å²) in [6, 6.07) is 0. The number of hydrogen-bond acceptors (Lipinski definition) is 4. The lowest BCUT2D eigenvalue weighted by atomic mass is 9.85. The Morgan fingerprint density at radius 3 is 2.48 bits per heavy atom. The smallest absolute Gasteiger partial charge is 0.233 e. The number of allylic oxidation sites excluding steroid dienone is 2. The van der Waals surface area contributed by atoms with Crippen molar-refractivity contribution in [1.29, 1.82) is 0 Å². The summed E-state index contributed by atoms with van der Waals surface area (Å²) in [7, 11) is 1.75. The minimum absolute atomic E-state index is 0.0446. The second-order valence-corrected chi connectivity index (χ2v) is 8.38. The summed E-state index contributed by atoms with van der Waals surface area (Å²) in [6.07, 6.45) is 8.07. The first-order valence-corrected chi connectivity index (χ1v) is 10.4. The van der Waals surface area contributed by atoms with Crippen LogP contribution in [-0.2, 0) is 9.59 Å². The van der Waals surface area contributed by atoms with Crippen LogP contribution in [0.1, 0.15) is 19.8 Å². The molecular formula is C18H28N4O2S. The zero-order chi connectivity index (χ0) is 18.0. The van der Waals surface area contributed by atoms with E-state index in [0.717, 1.165) is 25.3 Å². The molecule has 3 aliphatic rings. The SMILES string of the molecule is CN=C(NCCCN1C(=O)C2C3C=CC(C3)C2C1=O)NCC(C)SC. The molecule has 0 aromatic rings. The first kappa shape index (κ1) is 18.3. The Morgan fingerprint density at radius 1 is 1.28 bits per heavy atom. The van der Waals surface area contributed by atoms with E-state index in [9.17, 15) is 9.59 Å². The zero-order valence-electron chi connectivity index (χ0n) is 15.2. The lowest BCUT2D eigenvalue weighted by molar-refractivity contribution is -0.140. The highest BCUT2D eigenvalue weighted by Gasteiger charge is 2.58. The fourth-order valence-corrected chi connectivity index (χ4v) is 4.42. The number of carbonyl (C=O) groups is 2. The predicted molar refractivity (Wildman–Crippen MR) is 101 cm³/mol. The highest BCUT2D eigenvalue weighted by Crippen LogP contribution is 2.52. The summed E-state index contributed by atoms with van der Waals surface area (Å²) in [6.45, 7) is 4.19.